The molecule has 0 unspecified atom stereocenters. The number of aromatic hydroxyl groups is 1. The number of fused-ring (bicyclic) bond motifs is 2. The number of nitro benzene ring substituents is 1. The fourth-order valence-electron chi connectivity index (χ4n) is 4.26. The zero-order chi connectivity index (χ0) is 31.5. The van der Waals surface area contributed by atoms with Crippen molar-refractivity contribution in [2.45, 2.75) is 6.61 Å². The Labute approximate surface area is 316 Å². The van der Waals surface area contributed by atoms with Crippen molar-refractivity contribution >= 4 is 159 Å². The smallest absolute Gasteiger partial charge is 0.340 e. The minimum Gasteiger partial charge on any atom is -0.506 e. The molecule has 0 spiro atoms. The second-order valence-corrected chi connectivity index (χ2v) is 14.8. The van der Waals surface area contributed by atoms with Crippen LogP contribution in [0.5, 0.6) is 5.75 Å². The number of carbonyl (C=O) groups excluding carboxylic acids is 1. The molecule has 5 rings (SSSR count). The molecule has 3 aromatic rings. The second kappa shape index (κ2) is 13.1. The Balaban J connectivity index is 1.83. The molecular weight excluding hydrogens is 1100 g/mol. The Bertz CT molecular complexity index is 2050. The van der Waals surface area contributed by atoms with E-state index >= 15 is 0 Å². The van der Waals surface area contributed by atoms with Gasteiger partial charge in [0.25, 0.3) is 5.69 Å². The minimum atomic E-state index is -0.908. The number of nitrogens with zero attached hydrogens (tertiary/aromatic N) is 1. The molecule has 43 heavy (non-hydrogen) atoms. The van der Waals surface area contributed by atoms with E-state index in [-0.39, 0.29) is 69.6 Å². The van der Waals surface area contributed by atoms with E-state index in [1.807, 2.05) is 90.4 Å². The van der Waals surface area contributed by atoms with Crippen molar-refractivity contribution in [2.24, 2.45) is 0 Å². The summed E-state index contributed by atoms with van der Waals surface area (Å²) in [6.45, 7) is -0.255. The second-order valence-electron chi connectivity index (χ2n) is 8.76. The van der Waals surface area contributed by atoms with Crippen LogP contribution in [0.4, 0.5) is 5.69 Å². The average Bonchev–Trinajstić information content (AvgIpc) is 2.98. The van der Waals surface area contributed by atoms with Crippen molar-refractivity contribution in [3.63, 3.8) is 0 Å². The van der Waals surface area contributed by atoms with Crippen LogP contribution in [0.15, 0.2) is 45.6 Å². The van der Waals surface area contributed by atoms with Gasteiger partial charge in [0, 0.05) is 34.2 Å². The van der Waals surface area contributed by atoms with E-state index in [2.05, 4.69) is 0 Å². The summed E-state index contributed by atoms with van der Waals surface area (Å²) in [5.74, 6) is -0.754. The number of ether oxygens (including phenoxy) is 1. The zero-order valence-electron chi connectivity index (χ0n) is 20.5. The molecule has 8 nitrogen and oxygen atoms in total. The molecule has 0 saturated heterocycles. The number of halogens is 8. The summed E-state index contributed by atoms with van der Waals surface area (Å²) in [4.78, 5) is 37.2. The molecule has 0 radical (unpaired) electrons. The first-order valence-electron chi connectivity index (χ1n) is 11.5. The first kappa shape index (κ1) is 33.5. The molecule has 1 aliphatic heterocycles. The summed E-state index contributed by atoms with van der Waals surface area (Å²) < 4.78 is 13.3. The lowest BCUT2D eigenvalue weighted by Crippen LogP contribution is -2.13. The number of benzene rings is 4. The minimum absolute atomic E-state index is 0.0355. The van der Waals surface area contributed by atoms with E-state index in [9.17, 15) is 24.8 Å². The zero-order valence-corrected chi connectivity index (χ0v) is 32.2. The molecule has 0 bridgehead atoms. The number of phenolic OH excluding ortho intramolecular Hbond substituents is 1. The monoisotopic (exact) mass is 1110 g/mol. The van der Waals surface area contributed by atoms with Crippen LogP contribution >= 0.6 is 137 Å². The lowest BCUT2D eigenvalue weighted by molar-refractivity contribution is -0.384. The SMILES string of the molecule is O=C(OCc1ccc([N+](=O)[O-])cc1)c1c(Cl)c(Cl)c(Cl)c(Cl)c1-c1c2cc(I)c(=O)c(I)c-2oc2c(I)c(O)c(I)cc12. The third kappa shape index (κ3) is 6.03. The molecule has 220 valence electrons. The van der Waals surface area contributed by atoms with Gasteiger partial charge >= 0.3 is 5.97 Å². The number of carbonyl (C=O) groups is 1. The van der Waals surface area contributed by atoms with Crippen LogP contribution < -0.4 is 5.43 Å². The van der Waals surface area contributed by atoms with Crippen molar-refractivity contribution in [1.82, 2.24) is 0 Å². The fourth-order valence-corrected chi connectivity index (χ4v) is 8.86. The van der Waals surface area contributed by atoms with Gasteiger partial charge in [-0.05, 0) is 120 Å². The Morgan fingerprint density at radius 3 is 2.16 bits per heavy atom. The van der Waals surface area contributed by atoms with Crippen molar-refractivity contribution in [2.75, 3.05) is 0 Å². The van der Waals surface area contributed by atoms with Crippen molar-refractivity contribution in [3.05, 3.63) is 102 Å². The number of non-ortho nitro benzene ring substituents is 1. The lowest BCUT2D eigenvalue weighted by atomic mass is 9.90. The van der Waals surface area contributed by atoms with Gasteiger partial charge in [0.2, 0.25) is 5.43 Å². The Morgan fingerprint density at radius 2 is 1.53 bits per heavy atom. The third-order valence-corrected chi connectivity index (χ3v) is 11.7. The molecule has 2 aliphatic rings. The van der Waals surface area contributed by atoms with E-state index in [1.165, 1.54) is 24.3 Å². The van der Waals surface area contributed by atoms with Crippen LogP contribution in [0, 0.1) is 24.4 Å². The van der Waals surface area contributed by atoms with Crippen LogP contribution in [-0.4, -0.2) is 16.0 Å². The maximum absolute atomic E-state index is 13.8. The molecule has 1 aliphatic carbocycles. The maximum atomic E-state index is 13.8. The predicted molar refractivity (Wildman–Crippen MR) is 199 cm³/mol. The first-order valence-corrected chi connectivity index (χ1v) is 17.3. The third-order valence-electron chi connectivity index (χ3n) is 6.26. The normalized spacial score (nSPS) is 11.3. The van der Waals surface area contributed by atoms with Crippen LogP contribution in [0.2, 0.25) is 20.1 Å². The van der Waals surface area contributed by atoms with E-state index < -0.39 is 10.9 Å². The highest BCUT2D eigenvalue weighted by atomic mass is 127. The summed E-state index contributed by atoms with van der Waals surface area (Å²) in [7, 11) is 0. The van der Waals surface area contributed by atoms with Crippen LogP contribution in [0.25, 0.3) is 33.4 Å². The lowest BCUT2D eigenvalue weighted by Gasteiger charge is -2.22. The van der Waals surface area contributed by atoms with Gasteiger partial charge in [-0.25, -0.2) is 4.79 Å². The number of nitro groups is 1. The number of hydrogen-bond donors (Lipinski definition) is 1. The number of phenols is 1. The van der Waals surface area contributed by atoms with Gasteiger partial charge in [0.15, 0.2) is 11.3 Å². The largest absolute Gasteiger partial charge is 0.506 e. The standard InChI is InChI=1S/C27H9Cl4I4NO7/c28-17-15(16(18(29)20(31)19(17)30)27(39)42-7-8-1-3-9(4-2-8)36(40)41)14-10-5-12(32)23(37)21(34)25(10)43-26-11(14)6-13(33)24(38)22(26)35/h1-6,37H,7H2. The van der Waals surface area contributed by atoms with Crippen molar-refractivity contribution < 1.29 is 24.0 Å². The fraction of sp³-hybridized carbons (Fsp3) is 0.0370. The van der Waals surface area contributed by atoms with Crippen molar-refractivity contribution in [1.29, 1.82) is 0 Å². The van der Waals surface area contributed by atoms with E-state index in [4.69, 9.17) is 55.6 Å². The predicted octanol–water partition coefficient (Wildman–Crippen LogP) is 10.6. The van der Waals surface area contributed by atoms with Gasteiger partial charge in [-0.3, -0.25) is 14.9 Å². The number of esters is 1. The summed E-state index contributed by atoms with van der Waals surface area (Å²) in [5, 5.41) is 21.5. The highest BCUT2D eigenvalue weighted by molar-refractivity contribution is 14.1. The van der Waals surface area contributed by atoms with Gasteiger partial charge in [0.1, 0.15) is 15.9 Å². The van der Waals surface area contributed by atoms with E-state index in [0.717, 1.165) is 0 Å². The summed E-state index contributed by atoms with van der Waals surface area (Å²) in [6.07, 6.45) is 0. The molecule has 0 saturated carbocycles. The number of rotatable bonds is 5. The van der Waals surface area contributed by atoms with Gasteiger partial charge in [-0.2, -0.15) is 0 Å². The first-order chi connectivity index (χ1) is 20.2. The highest BCUT2D eigenvalue weighted by Crippen LogP contribution is 2.52. The Hall–Kier alpha value is -0.900. The molecule has 0 aromatic heterocycles. The van der Waals surface area contributed by atoms with Crippen molar-refractivity contribution in [3.8, 4) is 28.2 Å². The number of hydrogen-bond acceptors (Lipinski definition) is 7. The Morgan fingerprint density at radius 1 is 0.907 bits per heavy atom. The molecule has 1 heterocycles. The summed E-state index contributed by atoms with van der Waals surface area (Å²) >= 11 is 34.1. The average molecular weight is 1110 g/mol. The summed E-state index contributed by atoms with van der Waals surface area (Å²) in [5.41, 5.74) is 0.940. The van der Waals surface area contributed by atoms with E-state index in [0.29, 0.717) is 32.8 Å². The quantitative estimate of drug-likeness (QED) is 0.0354. The molecule has 0 amide bonds. The molecule has 16 heteroatoms. The molecule has 0 atom stereocenters. The van der Waals surface area contributed by atoms with Crippen LogP contribution in [0.3, 0.4) is 0 Å². The molecule has 0 fully saturated rings. The van der Waals surface area contributed by atoms with Gasteiger partial charge in [0.05, 0.1) is 41.3 Å². The highest BCUT2D eigenvalue weighted by Gasteiger charge is 2.33. The molecule has 1 N–H and O–H groups in total. The maximum Gasteiger partial charge on any atom is 0.340 e. The molecule has 3 aromatic carbocycles. The summed E-state index contributed by atoms with van der Waals surface area (Å²) in [6, 6.07) is 8.73. The molecular formula is C27H9Cl4I4NO7. The van der Waals surface area contributed by atoms with Gasteiger partial charge in [-0.1, -0.05) is 46.4 Å². The van der Waals surface area contributed by atoms with Crippen LogP contribution in [0.1, 0.15) is 15.9 Å². The van der Waals surface area contributed by atoms with E-state index in [1.54, 1.807) is 12.1 Å². The van der Waals surface area contributed by atoms with Gasteiger partial charge in [-0.15, -0.1) is 0 Å². The Kier molecular flexibility index (Phi) is 10.2. The van der Waals surface area contributed by atoms with Gasteiger partial charge < -0.3 is 14.3 Å². The van der Waals surface area contributed by atoms with Crippen LogP contribution in [-0.2, 0) is 11.3 Å². The topological polar surface area (TPSA) is 120 Å².